The molecule has 0 unspecified atom stereocenters. The molecule has 0 N–H and O–H groups in total. The molecule has 130 valence electrons. The quantitative estimate of drug-likeness (QED) is 0.610. The van der Waals surface area contributed by atoms with Crippen LogP contribution in [0.1, 0.15) is 57.2 Å². The average molecular weight is 325 g/mol. The maximum Gasteiger partial charge on any atom is 0.0485 e. The lowest BCUT2D eigenvalue weighted by atomic mass is 10.1. The second-order valence-electron chi connectivity index (χ2n) is 7.05. The molecule has 1 aliphatic rings. The zero-order valence-electron chi connectivity index (χ0n) is 15.4. The number of benzene rings is 1. The molecule has 3 rings (SSSR count). The van der Waals surface area contributed by atoms with E-state index in [1.54, 1.807) is 11.3 Å². The SMILES string of the molecule is CCCCCCn1c(-c2ccccc2)cc2c1CCCN(CC)C2. The number of hydrogen-bond donors (Lipinski definition) is 0. The van der Waals surface area contributed by atoms with E-state index < -0.39 is 0 Å². The van der Waals surface area contributed by atoms with Crippen molar-refractivity contribution >= 4 is 0 Å². The van der Waals surface area contributed by atoms with Crippen molar-refractivity contribution in [2.24, 2.45) is 0 Å². The third-order valence-electron chi connectivity index (χ3n) is 5.33. The molecule has 0 saturated carbocycles. The molecule has 2 heteroatoms. The van der Waals surface area contributed by atoms with Crippen molar-refractivity contribution in [3.8, 4) is 11.3 Å². The largest absolute Gasteiger partial charge is 0.344 e. The molecule has 0 spiro atoms. The molecule has 0 fully saturated rings. The van der Waals surface area contributed by atoms with E-state index in [2.05, 4.69) is 59.7 Å². The molecule has 2 aromatic rings. The smallest absolute Gasteiger partial charge is 0.0485 e. The van der Waals surface area contributed by atoms with Crippen molar-refractivity contribution in [1.29, 1.82) is 0 Å². The molecule has 24 heavy (non-hydrogen) atoms. The summed E-state index contributed by atoms with van der Waals surface area (Å²) >= 11 is 0. The first-order valence-corrected chi connectivity index (χ1v) is 9.82. The van der Waals surface area contributed by atoms with Gasteiger partial charge in [0.15, 0.2) is 0 Å². The lowest BCUT2D eigenvalue weighted by Crippen LogP contribution is -2.22. The van der Waals surface area contributed by atoms with Gasteiger partial charge in [-0.2, -0.15) is 0 Å². The first-order valence-electron chi connectivity index (χ1n) is 9.82. The van der Waals surface area contributed by atoms with Gasteiger partial charge in [-0.1, -0.05) is 63.4 Å². The van der Waals surface area contributed by atoms with Gasteiger partial charge in [0.25, 0.3) is 0 Å². The summed E-state index contributed by atoms with van der Waals surface area (Å²) in [5.41, 5.74) is 5.95. The number of aromatic nitrogens is 1. The maximum atomic E-state index is 2.64. The van der Waals surface area contributed by atoms with E-state index in [4.69, 9.17) is 0 Å². The van der Waals surface area contributed by atoms with Crippen LogP contribution in [0.25, 0.3) is 11.3 Å². The van der Waals surface area contributed by atoms with E-state index in [1.165, 1.54) is 62.9 Å². The fraction of sp³-hybridized carbons (Fsp3) is 0.545. The summed E-state index contributed by atoms with van der Waals surface area (Å²) in [4.78, 5) is 2.59. The summed E-state index contributed by atoms with van der Waals surface area (Å²) in [6.07, 6.45) is 7.82. The van der Waals surface area contributed by atoms with Crippen molar-refractivity contribution in [3.63, 3.8) is 0 Å². The van der Waals surface area contributed by atoms with Gasteiger partial charge in [-0.25, -0.2) is 0 Å². The van der Waals surface area contributed by atoms with Gasteiger partial charge in [0, 0.05) is 24.5 Å². The number of unbranched alkanes of at least 4 members (excludes halogenated alkanes) is 3. The zero-order chi connectivity index (χ0) is 16.8. The summed E-state index contributed by atoms with van der Waals surface area (Å²) in [6, 6.07) is 13.4. The van der Waals surface area contributed by atoms with E-state index in [1.807, 2.05) is 0 Å². The Labute approximate surface area is 147 Å². The van der Waals surface area contributed by atoms with Crippen LogP contribution < -0.4 is 0 Å². The van der Waals surface area contributed by atoms with Gasteiger partial charge in [-0.3, -0.25) is 4.90 Å². The van der Waals surface area contributed by atoms with Crippen LogP contribution in [0.4, 0.5) is 0 Å². The van der Waals surface area contributed by atoms with Gasteiger partial charge in [0.05, 0.1) is 0 Å². The Morgan fingerprint density at radius 1 is 1.00 bits per heavy atom. The summed E-state index contributed by atoms with van der Waals surface area (Å²) in [6.45, 7) is 9.25. The van der Waals surface area contributed by atoms with E-state index in [-0.39, 0.29) is 0 Å². The van der Waals surface area contributed by atoms with Gasteiger partial charge >= 0.3 is 0 Å². The van der Waals surface area contributed by atoms with Gasteiger partial charge in [0.1, 0.15) is 0 Å². The third-order valence-corrected chi connectivity index (χ3v) is 5.33. The van der Waals surface area contributed by atoms with Crippen molar-refractivity contribution in [3.05, 3.63) is 47.7 Å². The summed E-state index contributed by atoms with van der Waals surface area (Å²) < 4.78 is 2.64. The van der Waals surface area contributed by atoms with Crippen LogP contribution in [0, 0.1) is 0 Å². The fourth-order valence-electron chi connectivity index (χ4n) is 3.94. The molecule has 2 heterocycles. The minimum absolute atomic E-state index is 1.12. The predicted octanol–water partition coefficient (Wildman–Crippen LogP) is 5.50. The van der Waals surface area contributed by atoms with Crippen molar-refractivity contribution in [2.45, 2.75) is 65.5 Å². The number of hydrogen-bond acceptors (Lipinski definition) is 1. The first-order chi connectivity index (χ1) is 11.8. The van der Waals surface area contributed by atoms with E-state index in [0.29, 0.717) is 0 Å². The molecule has 1 aliphatic heterocycles. The van der Waals surface area contributed by atoms with Gasteiger partial charge in [-0.05, 0) is 49.5 Å². The Kier molecular flexibility index (Phi) is 6.14. The second kappa shape index (κ2) is 8.53. The molecular formula is C22H32N2. The number of fused-ring (bicyclic) bond motifs is 1. The van der Waals surface area contributed by atoms with Gasteiger partial charge in [0.2, 0.25) is 0 Å². The number of rotatable bonds is 7. The monoisotopic (exact) mass is 324 g/mol. The highest BCUT2D eigenvalue weighted by molar-refractivity contribution is 5.62. The van der Waals surface area contributed by atoms with Crippen LogP contribution in [-0.4, -0.2) is 22.6 Å². The molecule has 0 saturated heterocycles. The molecule has 1 aromatic carbocycles. The highest BCUT2D eigenvalue weighted by Gasteiger charge is 2.20. The molecule has 0 radical (unpaired) electrons. The lowest BCUT2D eigenvalue weighted by Gasteiger charge is -2.16. The molecule has 0 amide bonds. The summed E-state index contributed by atoms with van der Waals surface area (Å²) in [5, 5.41) is 0. The maximum absolute atomic E-state index is 2.64. The topological polar surface area (TPSA) is 8.17 Å². The van der Waals surface area contributed by atoms with Crippen LogP contribution in [-0.2, 0) is 19.5 Å². The predicted molar refractivity (Wildman–Crippen MR) is 103 cm³/mol. The van der Waals surface area contributed by atoms with Gasteiger partial charge in [-0.15, -0.1) is 0 Å². The molecule has 0 aliphatic carbocycles. The normalized spacial score (nSPS) is 15.2. The van der Waals surface area contributed by atoms with E-state index in [0.717, 1.165) is 13.1 Å². The average Bonchev–Trinajstić information content (AvgIpc) is 2.82. The van der Waals surface area contributed by atoms with Gasteiger partial charge < -0.3 is 4.57 Å². The summed E-state index contributed by atoms with van der Waals surface area (Å²) in [7, 11) is 0. The number of nitrogens with zero attached hydrogens (tertiary/aromatic N) is 2. The van der Waals surface area contributed by atoms with Crippen LogP contribution >= 0.6 is 0 Å². The van der Waals surface area contributed by atoms with Crippen molar-refractivity contribution in [2.75, 3.05) is 13.1 Å². The fourth-order valence-corrected chi connectivity index (χ4v) is 3.94. The second-order valence-corrected chi connectivity index (χ2v) is 7.05. The minimum Gasteiger partial charge on any atom is -0.344 e. The molecule has 2 nitrogen and oxygen atoms in total. The van der Waals surface area contributed by atoms with Crippen LogP contribution in [0.15, 0.2) is 36.4 Å². The van der Waals surface area contributed by atoms with Crippen LogP contribution in [0.5, 0.6) is 0 Å². The molecule has 0 atom stereocenters. The van der Waals surface area contributed by atoms with E-state index in [9.17, 15) is 0 Å². The molecule has 1 aromatic heterocycles. The lowest BCUT2D eigenvalue weighted by molar-refractivity contribution is 0.284. The molecule has 0 bridgehead atoms. The Hall–Kier alpha value is -1.54. The minimum atomic E-state index is 1.12. The molecular weight excluding hydrogens is 292 g/mol. The van der Waals surface area contributed by atoms with E-state index >= 15 is 0 Å². The highest BCUT2D eigenvalue weighted by atomic mass is 15.1. The zero-order valence-corrected chi connectivity index (χ0v) is 15.4. The highest BCUT2D eigenvalue weighted by Crippen LogP contribution is 2.30. The van der Waals surface area contributed by atoms with Crippen LogP contribution in [0.2, 0.25) is 0 Å². The Bertz CT molecular complexity index is 627. The van der Waals surface area contributed by atoms with Crippen molar-refractivity contribution in [1.82, 2.24) is 9.47 Å². The Balaban J connectivity index is 1.92. The summed E-state index contributed by atoms with van der Waals surface area (Å²) in [5.74, 6) is 0. The third kappa shape index (κ3) is 3.92. The van der Waals surface area contributed by atoms with Crippen molar-refractivity contribution < 1.29 is 0 Å². The first kappa shape index (κ1) is 17.3. The Morgan fingerprint density at radius 2 is 1.83 bits per heavy atom. The van der Waals surface area contributed by atoms with Crippen LogP contribution in [0.3, 0.4) is 0 Å². The standard InChI is InChI=1S/C22H32N2/c1-3-5-6-10-16-24-21-14-11-15-23(4-2)18-20(21)17-22(24)19-12-8-7-9-13-19/h7-9,12-13,17H,3-6,10-11,14-16,18H2,1-2H3. The Morgan fingerprint density at radius 3 is 2.58 bits per heavy atom.